The maximum Gasteiger partial charge on any atom is 0.260 e. The monoisotopic (exact) mass is 463 g/mol. The minimum Gasteiger partial charge on any atom is -0.497 e. The number of methoxy groups -OCH3 is 2. The van der Waals surface area contributed by atoms with Gasteiger partial charge in [-0.1, -0.05) is 24.8 Å². The summed E-state index contributed by atoms with van der Waals surface area (Å²) in [5.74, 6) is 0.801. The summed E-state index contributed by atoms with van der Waals surface area (Å²) in [6.07, 6.45) is 0. The Morgan fingerprint density at radius 3 is 2.35 bits per heavy atom. The molecule has 0 radical (unpaired) electrons. The summed E-state index contributed by atoms with van der Waals surface area (Å²) in [6, 6.07) is 11.4. The van der Waals surface area contributed by atoms with E-state index in [9.17, 15) is 13.2 Å². The molecule has 0 bridgehead atoms. The molecule has 1 aliphatic rings. The van der Waals surface area contributed by atoms with Crippen LogP contribution in [0.1, 0.15) is 17.3 Å². The molecule has 1 atom stereocenters. The Bertz CT molecular complexity index is 1090. The molecule has 1 fully saturated rings. The first-order valence-corrected chi connectivity index (χ1v) is 11.8. The van der Waals surface area contributed by atoms with Crippen LogP contribution >= 0.6 is 11.8 Å². The van der Waals surface area contributed by atoms with Crippen molar-refractivity contribution in [2.75, 3.05) is 34.9 Å². The van der Waals surface area contributed by atoms with Gasteiger partial charge in [0.05, 0.1) is 24.8 Å². The van der Waals surface area contributed by atoms with E-state index < -0.39 is 10.0 Å². The quantitative estimate of drug-likeness (QED) is 0.654. The summed E-state index contributed by atoms with van der Waals surface area (Å²) in [5.41, 5.74) is 0.878. The van der Waals surface area contributed by atoms with Crippen LogP contribution in [0.3, 0.4) is 0 Å². The maximum absolute atomic E-state index is 13.3. The average molecular weight is 464 g/mol. The van der Waals surface area contributed by atoms with Gasteiger partial charge in [0.2, 0.25) is 10.0 Å². The molecule has 166 valence electrons. The Balaban J connectivity index is 1.97. The van der Waals surface area contributed by atoms with Crippen LogP contribution in [0.15, 0.2) is 52.4 Å². The highest BCUT2D eigenvalue weighted by Gasteiger charge is 2.32. The van der Waals surface area contributed by atoms with E-state index in [0.29, 0.717) is 34.5 Å². The van der Waals surface area contributed by atoms with Gasteiger partial charge in [0, 0.05) is 37.5 Å². The Morgan fingerprint density at radius 1 is 1.13 bits per heavy atom. The second-order valence-electron chi connectivity index (χ2n) is 7.12. The van der Waals surface area contributed by atoms with Crippen LogP contribution in [0.2, 0.25) is 0 Å². The zero-order valence-corrected chi connectivity index (χ0v) is 19.7. The van der Waals surface area contributed by atoms with E-state index in [2.05, 4.69) is 4.99 Å². The molecule has 0 N–H and O–H groups in total. The Hall–Kier alpha value is -2.56. The summed E-state index contributed by atoms with van der Waals surface area (Å²) < 4.78 is 36.6. The van der Waals surface area contributed by atoms with E-state index in [-0.39, 0.29) is 16.1 Å². The molecule has 1 amide bonds. The number of rotatable bonds is 6. The van der Waals surface area contributed by atoms with E-state index in [1.165, 1.54) is 52.2 Å². The van der Waals surface area contributed by atoms with Crippen molar-refractivity contribution < 1.29 is 22.7 Å². The first kappa shape index (κ1) is 23.1. The number of benzene rings is 2. The van der Waals surface area contributed by atoms with Crippen LogP contribution in [0.5, 0.6) is 11.5 Å². The number of sulfonamides is 1. The van der Waals surface area contributed by atoms with Crippen LogP contribution in [0, 0.1) is 0 Å². The molecule has 0 aliphatic carbocycles. The fourth-order valence-electron chi connectivity index (χ4n) is 2.99. The van der Waals surface area contributed by atoms with Crippen LogP contribution in [-0.2, 0) is 10.0 Å². The molecule has 8 nitrogen and oxygen atoms in total. The zero-order valence-electron chi connectivity index (χ0n) is 18.0. The molecule has 0 unspecified atom stereocenters. The van der Waals surface area contributed by atoms with Gasteiger partial charge in [-0.2, -0.15) is 0 Å². The van der Waals surface area contributed by atoms with Gasteiger partial charge in [-0.3, -0.25) is 9.69 Å². The van der Waals surface area contributed by atoms with E-state index in [1.807, 2.05) is 6.92 Å². The van der Waals surface area contributed by atoms with Gasteiger partial charge < -0.3 is 9.47 Å². The lowest BCUT2D eigenvalue weighted by atomic mass is 10.1. The predicted molar refractivity (Wildman–Crippen MR) is 122 cm³/mol. The fraction of sp³-hybridized carbons (Fsp3) is 0.333. The van der Waals surface area contributed by atoms with Gasteiger partial charge in [-0.05, 0) is 30.3 Å². The molecule has 2 aromatic rings. The SMILES string of the molecule is COc1cc(OC)cc(C(=O)N2C[C@@H](C)SC2=Nc2cccc(S(=O)(=O)N(C)C)c2)c1. The van der Waals surface area contributed by atoms with Crippen molar-refractivity contribution >= 4 is 38.5 Å². The van der Waals surface area contributed by atoms with Gasteiger partial charge >= 0.3 is 0 Å². The molecular weight excluding hydrogens is 438 g/mol. The standard InChI is InChI=1S/C21H25N3O5S2/c1-14-13-24(20(25)15-9-17(28-4)12-18(10-15)29-5)21(30-14)22-16-7-6-8-19(11-16)31(26,27)23(2)3/h6-12,14H,13H2,1-5H3/t14-/m1/s1. The van der Waals surface area contributed by atoms with Crippen molar-refractivity contribution in [1.29, 1.82) is 0 Å². The maximum atomic E-state index is 13.3. The van der Waals surface area contributed by atoms with E-state index in [1.54, 1.807) is 35.2 Å². The molecule has 1 saturated heterocycles. The summed E-state index contributed by atoms with van der Waals surface area (Å²) in [4.78, 5) is 19.6. The molecule has 31 heavy (non-hydrogen) atoms. The molecule has 10 heteroatoms. The molecule has 1 heterocycles. The van der Waals surface area contributed by atoms with Crippen molar-refractivity contribution in [3.63, 3.8) is 0 Å². The number of aliphatic imine (C=N–C) groups is 1. The van der Waals surface area contributed by atoms with E-state index in [0.717, 1.165) is 4.31 Å². The van der Waals surface area contributed by atoms with Crippen LogP contribution in [0.4, 0.5) is 5.69 Å². The first-order valence-electron chi connectivity index (χ1n) is 9.48. The topological polar surface area (TPSA) is 88.5 Å². The highest BCUT2D eigenvalue weighted by atomic mass is 32.2. The third-order valence-corrected chi connectivity index (χ3v) is 7.53. The number of carbonyl (C=O) groups excluding carboxylic acids is 1. The largest absolute Gasteiger partial charge is 0.497 e. The Morgan fingerprint density at radius 2 is 1.77 bits per heavy atom. The van der Waals surface area contributed by atoms with Gasteiger partial charge in [0.15, 0.2) is 5.17 Å². The smallest absolute Gasteiger partial charge is 0.260 e. The molecular formula is C21H25N3O5S2. The van der Waals surface area contributed by atoms with Crippen molar-refractivity contribution in [1.82, 2.24) is 9.21 Å². The van der Waals surface area contributed by atoms with Gasteiger partial charge in [0.1, 0.15) is 11.5 Å². The third kappa shape index (κ3) is 5.03. The number of hydrogen-bond acceptors (Lipinski definition) is 7. The van der Waals surface area contributed by atoms with Crippen LogP contribution < -0.4 is 9.47 Å². The van der Waals surface area contributed by atoms with Crippen molar-refractivity contribution in [3.05, 3.63) is 48.0 Å². The van der Waals surface area contributed by atoms with Crippen molar-refractivity contribution in [2.24, 2.45) is 4.99 Å². The number of thioether (sulfide) groups is 1. The summed E-state index contributed by atoms with van der Waals surface area (Å²) in [7, 11) is 2.42. The minimum absolute atomic E-state index is 0.142. The third-order valence-electron chi connectivity index (χ3n) is 4.64. The van der Waals surface area contributed by atoms with Gasteiger partial charge in [-0.15, -0.1) is 0 Å². The van der Waals surface area contributed by atoms with E-state index >= 15 is 0 Å². The molecule has 2 aromatic carbocycles. The summed E-state index contributed by atoms with van der Waals surface area (Å²) in [6.45, 7) is 2.49. The predicted octanol–water partition coefficient (Wildman–Crippen LogP) is 3.22. The molecule has 0 aromatic heterocycles. The van der Waals surface area contributed by atoms with Crippen molar-refractivity contribution in [2.45, 2.75) is 17.1 Å². The summed E-state index contributed by atoms with van der Waals surface area (Å²) in [5, 5.41) is 0.655. The summed E-state index contributed by atoms with van der Waals surface area (Å²) >= 11 is 1.46. The lowest BCUT2D eigenvalue weighted by Crippen LogP contribution is -2.32. The molecule has 0 saturated carbocycles. The average Bonchev–Trinajstić information content (AvgIpc) is 3.12. The van der Waals surface area contributed by atoms with E-state index in [4.69, 9.17) is 9.47 Å². The van der Waals surface area contributed by atoms with Crippen LogP contribution in [0.25, 0.3) is 0 Å². The Kier molecular flexibility index (Phi) is 6.93. The molecule has 0 spiro atoms. The fourth-order valence-corrected chi connectivity index (χ4v) is 4.96. The highest BCUT2D eigenvalue weighted by molar-refractivity contribution is 8.14. The van der Waals surface area contributed by atoms with Crippen LogP contribution in [-0.4, -0.2) is 68.8 Å². The van der Waals surface area contributed by atoms with Gasteiger partial charge in [0.25, 0.3) is 5.91 Å². The number of carbonyl (C=O) groups is 1. The number of hydrogen-bond donors (Lipinski definition) is 0. The number of ether oxygens (including phenoxy) is 2. The second-order valence-corrected chi connectivity index (χ2v) is 10.7. The van der Waals surface area contributed by atoms with Gasteiger partial charge in [-0.25, -0.2) is 17.7 Å². The normalized spacial score (nSPS) is 17.9. The minimum atomic E-state index is -3.58. The molecule has 3 rings (SSSR count). The lowest BCUT2D eigenvalue weighted by molar-refractivity contribution is 0.0854. The number of amidine groups is 1. The lowest BCUT2D eigenvalue weighted by Gasteiger charge is -2.17. The number of amides is 1. The highest BCUT2D eigenvalue weighted by Crippen LogP contribution is 2.32. The van der Waals surface area contributed by atoms with Crippen molar-refractivity contribution in [3.8, 4) is 11.5 Å². The first-order chi connectivity index (χ1) is 14.6. The number of nitrogens with zero attached hydrogens (tertiary/aromatic N) is 3. The zero-order chi connectivity index (χ0) is 22.8. The Labute approximate surface area is 186 Å². The molecule has 1 aliphatic heterocycles. The second kappa shape index (κ2) is 9.29.